The molecule has 0 amide bonds. The first-order valence-corrected chi connectivity index (χ1v) is 29.9. The first kappa shape index (κ1) is 95.5. The van der Waals surface area contributed by atoms with Crippen LogP contribution in [0.4, 0.5) is 0 Å². The number of hydrogen-bond acceptors (Lipinski definition) is 4. The highest BCUT2D eigenvalue weighted by molar-refractivity contribution is 5.23. The normalized spacial score (nSPS) is 11.8. The lowest BCUT2D eigenvalue weighted by molar-refractivity contribution is 0.455. The summed E-state index contributed by atoms with van der Waals surface area (Å²) in [5.74, 6) is 11.2. The molecule has 452 valence electrons. The topological polar surface area (TPSA) is 51.1 Å². The Hall–Kier alpha value is -3.85. The molecule has 77 heavy (non-hydrogen) atoms. The summed E-state index contributed by atoms with van der Waals surface area (Å²) in [7, 11) is 4.15. The van der Waals surface area contributed by atoms with Crippen LogP contribution in [0.1, 0.15) is 232 Å². The Bertz CT molecular complexity index is 1470. The van der Waals surface area contributed by atoms with Crippen LogP contribution in [0.15, 0.2) is 110 Å². The van der Waals surface area contributed by atoms with Gasteiger partial charge in [-0.1, -0.05) is 261 Å². The molecule has 0 aromatic rings. The van der Waals surface area contributed by atoms with Crippen LogP contribution in [-0.4, -0.2) is 49.7 Å². The lowest BCUT2D eigenvalue weighted by atomic mass is 10.1. The molecule has 0 aromatic heterocycles. The molecule has 0 atom stereocenters. The van der Waals surface area contributed by atoms with Gasteiger partial charge in [0.05, 0.1) is 18.2 Å². The number of nitrogens with zero attached hydrogens (tertiary/aromatic N) is 2. The Labute approximate surface area is 489 Å². The number of hydrogen-bond donors (Lipinski definition) is 2. The van der Waals surface area contributed by atoms with E-state index in [-0.39, 0.29) is 5.54 Å². The van der Waals surface area contributed by atoms with E-state index in [1.807, 2.05) is 46.8 Å². The van der Waals surface area contributed by atoms with E-state index in [0.29, 0.717) is 47.9 Å². The number of allylic oxidation sites excluding steroid dienone is 14. The average molecular weight is 1070 g/mol. The second-order valence-corrected chi connectivity index (χ2v) is 23.1. The Morgan fingerprint density at radius 1 is 0.571 bits per heavy atom. The molecule has 1 saturated carbocycles. The van der Waals surface area contributed by atoms with Crippen molar-refractivity contribution >= 4 is 0 Å². The predicted octanol–water partition coefficient (Wildman–Crippen LogP) is 21.9. The van der Waals surface area contributed by atoms with Gasteiger partial charge in [0.1, 0.15) is 0 Å². The zero-order valence-corrected chi connectivity index (χ0v) is 57.7. The van der Waals surface area contributed by atoms with Crippen LogP contribution in [-0.2, 0) is 0 Å². The van der Waals surface area contributed by atoms with Gasteiger partial charge < -0.3 is 10.2 Å². The molecule has 0 unspecified atom stereocenters. The van der Waals surface area contributed by atoms with Gasteiger partial charge >= 0.3 is 0 Å². The summed E-state index contributed by atoms with van der Waals surface area (Å²) in [5, 5.41) is 14.6. The minimum atomic E-state index is 0.0914. The van der Waals surface area contributed by atoms with Crippen LogP contribution in [0.2, 0.25) is 0 Å². The van der Waals surface area contributed by atoms with Gasteiger partial charge in [0.25, 0.3) is 0 Å². The lowest BCUT2D eigenvalue weighted by Crippen LogP contribution is -2.35. The van der Waals surface area contributed by atoms with Crippen molar-refractivity contribution in [3.8, 4) is 30.8 Å². The maximum atomic E-state index is 8.16. The minimum absolute atomic E-state index is 0.0914. The van der Waals surface area contributed by atoms with E-state index < -0.39 is 0 Å². The minimum Gasteiger partial charge on any atom is -0.306 e. The summed E-state index contributed by atoms with van der Waals surface area (Å²) in [5.41, 5.74) is 2.00. The van der Waals surface area contributed by atoms with Gasteiger partial charge in [0.15, 0.2) is 0 Å². The number of likely N-dealkylation sites (N-methyl/N-ethyl adjacent to an activating group) is 1. The van der Waals surface area contributed by atoms with Crippen molar-refractivity contribution in [2.45, 2.75) is 250 Å². The van der Waals surface area contributed by atoms with Crippen LogP contribution in [0, 0.1) is 89.3 Å². The van der Waals surface area contributed by atoms with E-state index >= 15 is 0 Å². The molecular formula is C73H140N4. The zero-order valence-electron chi connectivity index (χ0n) is 57.7. The van der Waals surface area contributed by atoms with Crippen LogP contribution < -0.4 is 10.6 Å². The molecule has 4 heteroatoms. The van der Waals surface area contributed by atoms with Gasteiger partial charge in [-0.05, 0) is 148 Å². The third kappa shape index (κ3) is 141. The van der Waals surface area contributed by atoms with Crippen molar-refractivity contribution in [3.63, 3.8) is 0 Å². The quantitative estimate of drug-likeness (QED) is 0.0769. The van der Waals surface area contributed by atoms with E-state index in [9.17, 15) is 0 Å². The average Bonchev–Trinajstić information content (AvgIpc) is 4.09. The highest BCUT2D eigenvalue weighted by Gasteiger charge is 2.40. The van der Waals surface area contributed by atoms with Gasteiger partial charge in [0, 0.05) is 24.2 Å². The van der Waals surface area contributed by atoms with Gasteiger partial charge in [0.2, 0.25) is 0 Å². The molecule has 0 radical (unpaired) electrons. The van der Waals surface area contributed by atoms with E-state index in [1.54, 1.807) is 0 Å². The number of nitrogens with one attached hydrogen (secondary N) is 2. The van der Waals surface area contributed by atoms with Crippen LogP contribution >= 0.6 is 0 Å². The Kier molecular flexibility index (Phi) is 92.0. The van der Waals surface area contributed by atoms with E-state index in [1.165, 1.54) is 18.4 Å². The Balaban J connectivity index is -0.0000000805. The molecule has 2 N–H and O–H groups in total. The molecule has 1 aliphatic rings. The molecule has 1 fully saturated rings. The second kappa shape index (κ2) is 74.2. The lowest BCUT2D eigenvalue weighted by Gasteiger charge is -2.13. The molecule has 1 aliphatic carbocycles. The van der Waals surface area contributed by atoms with Crippen molar-refractivity contribution in [2.24, 2.45) is 53.3 Å². The first-order chi connectivity index (χ1) is 35.5. The molecule has 4 nitrogen and oxygen atoms in total. The van der Waals surface area contributed by atoms with Gasteiger partial charge in [-0.15, -0.1) is 19.4 Å². The van der Waals surface area contributed by atoms with Crippen LogP contribution in [0.3, 0.4) is 0 Å². The molecule has 0 spiro atoms. The largest absolute Gasteiger partial charge is 0.306 e. The van der Waals surface area contributed by atoms with Crippen LogP contribution in [0.25, 0.3) is 0 Å². The third-order valence-electron chi connectivity index (χ3n) is 9.14. The summed E-state index contributed by atoms with van der Waals surface area (Å²) < 4.78 is 0. The first-order valence-electron chi connectivity index (χ1n) is 29.9. The number of rotatable bonds is 19. The van der Waals surface area contributed by atoms with Crippen molar-refractivity contribution in [3.05, 3.63) is 110 Å². The fraction of sp³-hybridized carbons (Fsp3) is 0.685. The van der Waals surface area contributed by atoms with E-state index in [4.69, 9.17) is 18.1 Å². The molecule has 0 bridgehead atoms. The number of nitriles is 1. The second-order valence-electron chi connectivity index (χ2n) is 23.1. The van der Waals surface area contributed by atoms with Crippen molar-refractivity contribution in [2.75, 3.05) is 27.2 Å². The highest BCUT2D eigenvalue weighted by atomic mass is 15.0. The van der Waals surface area contributed by atoms with Crippen molar-refractivity contribution in [1.29, 1.82) is 5.26 Å². The van der Waals surface area contributed by atoms with Gasteiger partial charge in [-0.3, -0.25) is 5.32 Å². The SMILES string of the molecule is C#CC1(NC(C)C)CC1.C#CCNC(C)C.C/C=C/C(C)C.C/C=C\C(C)C.C=C(C#N)C(C)C.C=C(C)C(C)C.C=CC(C)C.CC(C)/C=C/CN(C)C.CC/C=C/C(C)C.CC/C=C/C(C)C.CCC/C=C/C(C)C. The van der Waals surface area contributed by atoms with Crippen molar-refractivity contribution < 1.29 is 0 Å². The number of terminal acetylenes is 2. The maximum Gasteiger partial charge on any atom is 0.0943 e. The maximum absolute atomic E-state index is 8.16. The van der Waals surface area contributed by atoms with Crippen LogP contribution in [0.5, 0.6) is 0 Å². The smallest absolute Gasteiger partial charge is 0.0943 e. The monoisotopic (exact) mass is 1070 g/mol. The fourth-order valence-electron chi connectivity index (χ4n) is 4.07. The Morgan fingerprint density at radius 2 is 0.909 bits per heavy atom. The summed E-state index contributed by atoms with van der Waals surface area (Å²) in [6.45, 7) is 72.1. The van der Waals surface area contributed by atoms with Crippen molar-refractivity contribution in [1.82, 2.24) is 15.5 Å². The third-order valence-corrected chi connectivity index (χ3v) is 9.14. The van der Waals surface area contributed by atoms with Gasteiger partial charge in [-0.25, -0.2) is 0 Å². The molecule has 0 heterocycles. The zero-order chi connectivity index (χ0) is 63.0. The van der Waals surface area contributed by atoms with E-state index in [2.05, 4.69) is 293 Å². The standard InChI is InChI=1S/C8H13N.C8H17N.C8H16.2C7H14.C6H9N.C6H11N.3C6H12.C5H10/c1-4-8(5-6-8)9-7(2)3;1-8(2)6-5-7-9(3)4;1-4-5-6-7-8(2)3;2*1-4-5-6-7(2)3;1-5(2)6(3)4-7;1-4-5-7-6(2)3;1-5(2)6(3)4;2*1-4-5-6(2)3;1-4-5(2)3/h1,7,9H,5-6H2,2-3H3;5-6,8H,7H2,1-4H3;6-8H,4-5H2,1-3H3;2*5-7H,4H2,1-3H3;5H,3H2,1-2H3;1,6-7H,5H2,2-3H3;6H,1H2,2-4H3;2*4-6H,1-3H3;4-5H,1H2,2-3H3/b;6-5+;7-6+;2*6-5+;;;;5-4+;5-4-;. The van der Waals surface area contributed by atoms with E-state index in [0.717, 1.165) is 61.8 Å². The summed E-state index contributed by atoms with van der Waals surface area (Å²) >= 11 is 0. The van der Waals surface area contributed by atoms with Gasteiger partial charge in [-0.2, -0.15) is 5.26 Å². The summed E-state index contributed by atoms with van der Waals surface area (Å²) in [6.07, 6.45) is 45.6. The number of unbranched alkanes of at least 4 members (excludes halogenated alkanes) is 1. The fourth-order valence-corrected chi connectivity index (χ4v) is 4.07. The summed E-state index contributed by atoms with van der Waals surface area (Å²) in [6, 6.07) is 3.00. The predicted molar refractivity (Wildman–Crippen MR) is 365 cm³/mol. The molecule has 0 aromatic carbocycles. The molecule has 1 rings (SSSR count). The molecule has 0 saturated heterocycles. The molecule has 0 aliphatic heterocycles. The highest BCUT2D eigenvalue weighted by Crippen LogP contribution is 2.34. The Morgan fingerprint density at radius 3 is 1.03 bits per heavy atom. The molecular weight excluding hydrogens is 933 g/mol. The summed E-state index contributed by atoms with van der Waals surface area (Å²) in [4.78, 5) is 2.15.